The molecule has 1 aromatic heterocycles. The quantitative estimate of drug-likeness (QED) is 0.588. The van der Waals surface area contributed by atoms with Crippen LogP contribution >= 0.6 is 0 Å². The Balaban J connectivity index is 1.75. The Labute approximate surface area is 169 Å². The number of aromatic nitrogens is 2. The fraction of sp³-hybridized carbons (Fsp3) is 0.227. The lowest BCUT2D eigenvalue weighted by molar-refractivity contribution is -0.142. The number of carbonyl (C=O) groups excluding carboxylic acids is 1. The van der Waals surface area contributed by atoms with Crippen molar-refractivity contribution >= 4 is 5.97 Å². The summed E-state index contributed by atoms with van der Waals surface area (Å²) >= 11 is 0. The molecule has 7 heteroatoms. The molecule has 2 N–H and O–H groups in total. The summed E-state index contributed by atoms with van der Waals surface area (Å²) in [4.78, 5) is 20.5. The number of esters is 1. The van der Waals surface area contributed by atoms with Crippen LogP contribution < -0.4 is 15.2 Å². The van der Waals surface area contributed by atoms with Gasteiger partial charge in [-0.2, -0.15) is 0 Å². The van der Waals surface area contributed by atoms with Gasteiger partial charge < -0.3 is 19.9 Å². The third-order valence-corrected chi connectivity index (χ3v) is 4.35. The van der Waals surface area contributed by atoms with Crippen molar-refractivity contribution in [3.8, 4) is 22.9 Å². The highest BCUT2D eigenvalue weighted by Gasteiger charge is 2.17. The molecule has 0 radical (unpaired) electrons. The number of para-hydroxylation sites is 2. The van der Waals surface area contributed by atoms with Gasteiger partial charge in [0.2, 0.25) is 0 Å². The van der Waals surface area contributed by atoms with Crippen LogP contribution in [0.1, 0.15) is 11.3 Å². The van der Waals surface area contributed by atoms with Crippen molar-refractivity contribution in [2.45, 2.75) is 19.1 Å². The lowest BCUT2D eigenvalue weighted by Crippen LogP contribution is -2.33. The van der Waals surface area contributed by atoms with E-state index in [4.69, 9.17) is 19.9 Å². The minimum absolute atomic E-state index is 0.245. The summed E-state index contributed by atoms with van der Waals surface area (Å²) < 4.78 is 16.0. The molecule has 0 aliphatic rings. The van der Waals surface area contributed by atoms with Crippen LogP contribution in [0, 0.1) is 0 Å². The van der Waals surface area contributed by atoms with E-state index in [0.29, 0.717) is 29.4 Å². The Bertz CT molecular complexity index is 978. The smallest absolute Gasteiger partial charge is 0.322 e. The number of rotatable bonds is 8. The molecule has 3 aromatic rings. The van der Waals surface area contributed by atoms with E-state index in [0.717, 1.165) is 11.1 Å². The number of hydrogen-bond donors (Lipinski definition) is 1. The number of carbonyl (C=O) groups is 1. The van der Waals surface area contributed by atoms with E-state index in [-0.39, 0.29) is 6.61 Å². The Hall–Kier alpha value is -3.45. The van der Waals surface area contributed by atoms with Crippen LogP contribution in [0.2, 0.25) is 0 Å². The average molecular weight is 393 g/mol. The van der Waals surface area contributed by atoms with Crippen LogP contribution in [0.4, 0.5) is 0 Å². The zero-order valence-electron chi connectivity index (χ0n) is 16.4. The molecule has 0 amide bonds. The number of hydrogen-bond acceptors (Lipinski definition) is 7. The summed E-state index contributed by atoms with van der Waals surface area (Å²) in [7, 11) is 2.93. The monoisotopic (exact) mass is 393 g/mol. The standard InChI is InChI=1S/C22H23N3O4/c1-27-20-10-6-4-8-17(20)21-24-12-11-16(25-21)14-29-19-9-5-3-7-15(19)13-18(23)22(26)28-2/h3-12,18H,13-14,23H2,1-2H3. The van der Waals surface area contributed by atoms with Gasteiger partial charge in [-0.15, -0.1) is 0 Å². The average Bonchev–Trinajstić information content (AvgIpc) is 2.78. The maximum absolute atomic E-state index is 11.6. The number of methoxy groups -OCH3 is 2. The molecule has 2 aromatic carbocycles. The molecule has 29 heavy (non-hydrogen) atoms. The van der Waals surface area contributed by atoms with Gasteiger partial charge in [-0.25, -0.2) is 9.97 Å². The summed E-state index contributed by atoms with van der Waals surface area (Å²) in [5, 5.41) is 0. The van der Waals surface area contributed by atoms with E-state index in [2.05, 4.69) is 9.97 Å². The van der Waals surface area contributed by atoms with Gasteiger partial charge in [0, 0.05) is 12.6 Å². The molecular formula is C22H23N3O4. The van der Waals surface area contributed by atoms with E-state index >= 15 is 0 Å². The molecule has 1 heterocycles. The van der Waals surface area contributed by atoms with Crippen molar-refractivity contribution in [1.82, 2.24) is 9.97 Å². The van der Waals surface area contributed by atoms with Crippen LogP contribution in [-0.2, 0) is 22.6 Å². The molecule has 0 bridgehead atoms. The highest BCUT2D eigenvalue weighted by Crippen LogP contribution is 2.27. The summed E-state index contributed by atoms with van der Waals surface area (Å²) in [5.41, 5.74) is 8.23. The summed E-state index contributed by atoms with van der Waals surface area (Å²) in [6, 6.07) is 16.1. The minimum Gasteiger partial charge on any atom is -0.496 e. The number of ether oxygens (including phenoxy) is 3. The zero-order valence-corrected chi connectivity index (χ0v) is 16.4. The predicted octanol–water partition coefficient (Wildman–Crippen LogP) is 2.77. The highest BCUT2D eigenvalue weighted by molar-refractivity contribution is 5.75. The van der Waals surface area contributed by atoms with Crippen molar-refractivity contribution in [3.05, 3.63) is 72.1 Å². The van der Waals surface area contributed by atoms with E-state index in [1.807, 2.05) is 48.5 Å². The van der Waals surface area contributed by atoms with Crippen LogP contribution in [0.25, 0.3) is 11.4 Å². The second-order valence-corrected chi connectivity index (χ2v) is 6.30. The third kappa shape index (κ3) is 5.08. The maximum atomic E-state index is 11.6. The molecule has 0 fully saturated rings. The van der Waals surface area contributed by atoms with E-state index in [1.54, 1.807) is 19.4 Å². The molecular weight excluding hydrogens is 370 g/mol. The molecule has 0 aliphatic carbocycles. The van der Waals surface area contributed by atoms with Gasteiger partial charge in [-0.05, 0) is 29.8 Å². The first-order valence-corrected chi connectivity index (χ1v) is 9.11. The minimum atomic E-state index is -0.749. The second-order valence-electron chi connectivity index (χ2n) is 6.30. The van der Waals surface area contributed by atoms with Gasteiger partial charge in [0.1, 0.15) is 24.1 Å². The Morgan fingerprint density at radius 1 is 1.03 bits per heavy atom. The second kappa shape index (κ2) is 9.66. The molecule has 7 nitrogen and oxygen atoms in total. The summed E-state index contributed by atoms with van der Waals surface area (Å²) in [6.07, 6.45) is 2.01. The first-order chi connectivity index (χ1) is 14.1. The molecule has 1 atom stereocenters. The number of nitrogens with two attached hydrogens (primary N) is 1. The lowest BCUT2D eigenvalue weighted by Gasteiger charge is -2.14. The van der Waals surface area contributed by atoms with Crippen molar-refractivity contribution in [2.75, 3.05) is 14.2 Å². The van der Waals surface area contributed by atoms with Gasteiger partial charge in [-0.3, -0.25) is 4.79 Å². The van der Waals surface area contributed by atoms with Crippen LogP contribution in [0.5, 0.6) is 11.5 Å². The molecule has 0 saturated heterocycles. The first-order valence-electron chi connectivity index (χ1n) is 9.11. The van der Waals surface area contributed by atoms with Crippen LogP contribution in [0.3, 0.4) is 0 Å². The summed E-state index contributed by atoms with van der Waals surface area (Å²) in [6.45, 7) is 0.245. The first kappa shape index (κ1) is 20.3. The molecule has 1 unspecified atom stereocenters. The predicted molar refractivity (Wildman–Crippen MR) is 108 cm³/mol. The van der Waals surface area contributed by atoms with Gasteiger partial charge in [0.25, 0.3) is 0 Å². The fourth-order valence-corrected chi connectivity index (χ4v) is 2.87. The fourth-order valence-electron chi connectivity index (χ4n) is 2.87. The van der Waals surface area contributed by atoms with Crippen LogP contribution in [-0.4, -0.2) is 36.2 Å². The topological polar surface area (TPSA) is 96.6 Å². The van der Waals surface area contributed by atoms with Crippen molar-refractivity contribution in [3.63, 3.8) is 0 Å². The number of nitrogens with zero attached hydrogens (tertiary/aromatic N) is 2. The molecule has 150 valence electrons. The Morgan fingerprint density at radius 3 is 2.52 bits per heavy atom. The van der Waals surface area contributed by atoms with Crippen molar-refractivity contribution in [1.29, 1.82) is 0 Å². The summed E-state index contributed by atoms with van der Waals surface area (Å²) in [5.74, 6) is 1.44. The van der Waals surface area contributed by atoms with E-state index in [9.17, 15) is 4.79 Å². The molecule has 3 rings (SSSR count). The van der Waals surface area contributed by atoms with Crippen molar-refractivity contribution < 1.29 is 19.0 Å². The van der Waals surface area contributed by atoms with Crippen LogP contribution in [0.15, 0.2) is 60.8 Å². The Morgan fingerprint density at radius 2 is 1.76 bits per heavy atom. The molecule has 0 saturated carbocycles. The van der Waals surface area contributed by atoms with Gasteiger partial charge in [0.15, 0.2) is 5.82 Å². The lowest BCUT2D eigenvalue weighted by atomic mass is 10.1. The van der Waals surface area contributed by atoms with Gasteiger partial charge >= 0.3 is 5.97 Å². The van der Waals surface area contributed by atoms with E-state index in [1.165, 1.54) is 7.11 Å². The normalized spacial score (nSPS) is 11.6. The highest BCUT2D eigenvalue weighted by atomic mass is 16.5. The SMILES string of the molecule is COC(=O)C(N)Cc1ccccc1OCc1ccnc(-c2ccccc2OC)n1. The van der Waals surface area contributed by atoms with Gasteiger partial charge in [0.05, 0.1) is 25.5 Å². The molecule has 0 aliphatic heterocycles. The largest absolute Gasteiger partial charge is 0.496 e. The third-order valence-electron chi connectivity index (χ3n) is 4.35. The maximum Gasteiger partial charge on any atom is 0.322 e. The van der Waals surface area contributed by atoms with Gasteiger partial charge in [-0.1, -0.05) is 30.3 Å². The number of benzene rings is 2. The van der Waals surface area contributed by atoms with Crippen molar-refractivity contribution in [2.24, 2.45) is 5.73 Å². The zero-order chi connectivity index (χ0) is 20.6. The molecule has 0 spiro atoms. The van der Waals surface area contributed by atoms with E-state index < -0.39 is 12.0 Å². The Kier molecular flexibility index (Phi) is 6.76.